The number of anilines is 1. The molecule has 20 heavy (non-hydrogen) atoms. The monoisotopic (exact) mass is 298 g/mol. The maximum Gasteiger partial charge on any atom is 0.238 e. The number of carbonyl (C=O) groups excluding carboxylic acids is 1. The Morgan fingerprint density at radius 2 is 2.10 bits per heavy atom. The van der Waals surface area contributed by atoms with E-state index in [0.717, 1.165) is 30.3 Å². The van der Waals surface area contributed by atoms with E-state index in [1.165, 1.54) is 12.8 Å². The van der Waals surface area contributed by atoms with Gasteiger partial charge in [0.1, 0.15) is 5.75 Å². The first-order chi connectivity index (χ1) is 9.29. The number of benzene rings is 1. The zero-order valence-electron chi connectivity index (χ0n) is 11.9. The Labute approximate surface area is 126 Å². The minimum atomic E-state index is -0.0202. The number of para-hydroxylation sites is 2. The minimum absolute atomic E-state index is 0. The van der Waals surface area contributed by atoms with Crippen molar-refractivity contribution < 1.29 is 9.53 Å². The molecule has 112 valence electrons. The molecule has 0 aliphatic heterocycles. The summed E-state index contributed by atoms with van der Waals surface area (Å²) < 4.78 is 5.60. The van der Waals surface area contributed by atoms with Crippen molar-refractivity contribution >= 4 is 24.0 Å². The van der Waals surface area contributed by atoms with E-state index in [0.29, 0.717) is 13.2 Å². The van der Waals surface area contributed by atoms with Gasteiger partial charge in [-0.3, -0.25) is 4.79 Å². The van der Waals surface area contributed by atoms with Crippen LogP contribution >= 0.6 is 12.4 Å². The van der Waals surface area contributed by atoms with Crippen molar-refractivity contribution in [2.24, 2.45) is 5.92 Å². The van der Waals surface area contributed by atoms with Gasteiger partial charge in [0.05, 0.1) is 18.8 Å². The van der Waals surface area contributed by atoms with Crippen LogP contribution in [-0.4, -0.2) is 25.6 Å². The Hall–Kier alpha value is -1.26. The molecule has 0 heterocycles. The Balaban J connectivity index is 0.00000200. The third-order valence-electron chi connectivity index (χ3n) is 3.04. The summed E-state index contributed by atoms with van der Waals surface area (Å²) in [5, 5.41) is 6.06. The molecule has 2 N–H and O–H groups in total. The van der Waals surface area contributed by atoms with Crippen molar-refractivity contribution in [1.82, 2.24) is 5.32 Å². The van der Waals surface area contributed by atoms with Crippen LogP contribution in [0.25, 0.3) is 0 Å². The normalized spacial score (nSPS) is 13.4. The minimum Gasteiger partial charge on any atom is -0.491 e. The van der Waals surface area contributed by atoms with Gasteiger partial charge in [-0.15, -0.1) is 12.4 Å². The molecule has 0 spiro atoms. The van der Waals surface area contributed by atoms with E-state index in [4.69, 9.17) is 4.74 Å². The largest absolute Gasteiger partial charge is 0.491 e. The van der Waals surface area contributed by atoms with Crippen molar-refractivity contribution in [3.05, 3.63) is 24.3 Å². The highest BCUT2D eigenvalue weighted by molar-refractivity contribution is 5.93. The fraction of sp³-hybridized carbons (Fsp3) is 0.533. The fourth-order valence-corrected chi connectivity index (χ4v) is 1.81. The molecule has 1 aliphatic carbocycles. The lowest BCUT2D eigenvalue weighted by atomic mass is 10.3. The van der Waals surface area contributed by atoms with Crippen LogP contribution in [0, 0.1) is 5.92 Å². The molecule has 4 nitrogen and oxygen atoms in total. The molecule has 1 fully saturated rings. The average molecular weight is 299 g/mol. The Morgan fingerprint density at radius 1 is 1.35 bits per heavy atom. The second-order valence-corrected chi connectivity index (χ2v) is 4.97. The van der Waals surface area contributed by atoms with Gasteiger partial charge >= 0.3 is 0 Å². The second-order valence-electron chi connectivity index (χ2n) is 4.97. The number of amides is 1. The fourth-order valence-electron chi connectivity index (χ4n) is 1.81. The Bertz CT molecular complexity index is 422. The number of hydrogen-bond acceptors (Lipinski definition) is 3. The molecule has 1 saturated carbocycles. The number of halogens is 1. The van der Waals surface area contributed by atoms with Gasteiger partial charge in [0, 0.05) is 0 Å². The smallest absolute Gasteiger partial charge is 0.238 e. The third-order valence-corrected chi connectivity index (χ3v) is 3.04. The van der Waals surface area contributed by atoms with Gasteiger partial charge in [-0.25, -0.2) is 0 Å². The number of hydrogen-bond donors (Lipinski definition) is 2. The van der Waals surface area contributed by atoms with Gasteiger partial charge in [0.15, 0.2) is 0 Å². The molecule has 0 unspecified atom stereocenters. The van der Waals surface area contributed by atoms with E-state index >= 15 is 0 Å². The van der Waals surface area contributed by atoms with Crippen molar-refractivity contribution in [3.63, 3.8) is 0 Å². The maximum atomic E-state index is 11.8. The van der Waals surface area contributed by atoms with Crippen LogP contribution < -0.4 is 15.4 Å². The van der Waals surface area contributed by atoms with Gasteiger partial charge in [0.25, 0.3) is 0 Å². The SMILES string of the molecule is CCCOc1ccccc1NC(=O)CNCC1CC1.Cl. The van der Waals surface area contributed by atoms with Crippen molar-refractivity contribution in [3.8, 4) is 5.75 Å². The summed E-state index contributed by atoms with van der Waals surface area (Å²) in [7, 11) is 0. The number of rotatable bonds is 8. The zero-order chi connectivity index (χ0) is 13.5. The summed E-state index contributed by atoms with van der Waals surface area (Å²) >= 11 is 0. The lowest BCUT2D eigenvalue weighted by molar-refractivity contribution is -0.115. The van der Waals surface area contributed by atoms with Crippen molar-refractivity contribution in [1.29, 1.82) is 0 Å². The lowest BCUT2D eigenvalue weighted by Gasteiger charge is -2.12. The molecule has 1 amide bonds. The van der Waals surface area contributed by atoms with E-state index < -0.39 is 0 Å². The van der Waals surface area contributed by atoms with Crippen LogP contribution in [0.15, 0.2) is 24.3 Å². The van der Waals surface area contributed by atoms with Gasteiger partial charge < -0.3 is 15.4 Å². The molecule has 1 aliphatic rings. The van der Waals surface area contributed by atoms with Crippen LogP contribution in [0.1, 0.15) is 26.2 Å². The molecule has 1 aromatic rings. The highest BCUT2D eigenvalue weighted by Crippen LogP contribution is 2.27. The van der Waals surface area contributed by atoms with Crippen molar-refractivity contribution in [2.45, 2.75) is 26.2 Å². The molecule has 0 saturated heterocycles. The predicted octanol–water partition coefficient (Wildman–Crippen LogP) is 2.84. The van der Waals surface area contributed by atoms with Gasteiger partial charge in [0.2, 0.25) is 5.91 Å². The Kier molecular flexibility index (Phi) is 7.41. The molecule has 2 rings (SSSR count). The summed E-state index contributed by atoms with van der Waals surface area (Å²) in [6, 6.07) is 7.55. The highest BCUT2D eigenvalue weighted by Gasteiger charge is 2.20. The summed E-state index contributed by atoms with van der Waals surface area (Å²) in [6.45, 7) is 4.02. The zero-order valence-corrected chi connectivity index (χ0v) is 12.7. The van der Waals surface area contributed by atoms with E-state index in [1.807, 2.05) is 24.3 Å². The number of nitrogens with one attached hydrogen (secondary N) is 2. The molecular formula is C15H23ClN2O2. The first kappa shape index (κ1) is 16.8. The van der Waals surface area contributed by atoms with E-state index in [1.54, 1.807) is 0 Å². The third kappa shape index (κ3) is 5.80. The summed E-state index contributed by atoms with van der Waals surface area (Å²) in [5.74, 6) is 1.50. The van der Waals surface area contributed by atoms with E-state index in [2.05, 4.69) is 17.6 Å². The van der Waals surface area contributed by atoms with Crippen LogP contribution in [0.3, 0.4) is 0 Å². The lowest BCUT2D eigenvalue weighted by Crippen LogP contribution is -2.29. The highest BCUT2D eigenvalue weighted by atomic mass is 35.5. The second kappa shape index (κ2) is 8.82. The van der Waals surface area contributed by atoms with Crippen LogP contribution in [-0.2, 0) is 4.79 Å². The summed E-state index contributed by atoms with van der Waals surface area (Å²) in [5.41, 5.74) is 0.745. The molecule has 5 heteroatoms. The number of ether oxygens (including phenoxy) is 1. The molecule has 0 aromatic heterocycles. The topological polar surface area (TPSA) is 50.4 Å². The van der Waals surface area contributed by atoms with Gasteiger partial charge in [-0.2, -0.15) is 0 Å². The average Bonchev–Trinajstić information content (AvgIpc) is 3.22. The first-order valence-electron chi connectivity index (χ1n) is 7.02. The summed E-state index contributed by atoms with van der Waals surface area (Å²) in [4.78, 5) is 11.8. The molecule has 0 radical (unpaired) electrons. The number of carbonyl (C=O) groups is 1. The van der Waals surface area contributed by atoms with Crippen molar-refractivity contribution in [2.75, 3.05) is 25.0 Å². The first-order valence-corrected chi connectivity index (χ1v) is 7.02. The maximum absolute atomic E-state index is 11.8. The standard InChI is InChI=1S/C15H22N2O2.ClH/c1-2-9-19-14-6-4-3-5-13(14)17-15(18)11-16-10-12-7-8-12;/h3-6,12,16H,2,7-11H2,1H3,(H,17,18);1H. The van der Waals surface area contributed by atoms with E-state index in [-0.39, 0.29) is 18.3 Å². The predicted molar refractivity (Wildman–Crippen MR) is 83.7 cm³/mol. The molecule has 0 bridgehead atoms. The van der Waals surface area contributed by atoms with Gasteiger partial charge in [-0.1, -0.05) is 19.1 Å². The molecule has 0 atom stereocenters. The van der Waals surface area contributed by atoms with Crippen LogP contribution in [0.4, 0.5) is 5.69 Å². The molecular weight excluding hydrogens is 276 g/mol. The van der Waals surface area contributed by atoms with Crippen LogP contribution in [0.5, 0.6) is 5.75 Å². The molecule has 1 aromatic carbocycles. The van der Waals surface area contributed by atoms with Gasteiger partial charge in [-0.05, 0) is 43.9 Å². The summed E-state index contributed by atoms with van der Waals surface area (Å²) in [6.07, 6.45) is 3.54. The van der Waals surface area contributed by atoms with Crippen LogP contribution in [0.2, 0.25) is 0 Å². The quantitative estimate of drug-likeness (QED) is 0.776. The Morgan fingerprint density at radius 3 is 2.80 bits per heavy atom. The van der Waals surface area contributed by atoms with E-state index in [9.17, 15) is 4.79 Å².